The Morgan fingerprint density at radius 3 is 2.39 bits per heavy atom. The number of anilines is 1. The number of aryl methyl sites for hydroxylation is 1. The summed E-state index contributed by atoms with van der Waals surface area (Å²) in [5.74, 6) is -1.05. The average molecular weight is 576 g/mol. The molecule has 0 bridgehead atoms. The molecule has 3 aromatic carbocycles. The van der Waals surface area contributed by atoms with Crippen LogP contribution in [0.5, 0.6) is 5.75 Å². The average Bonchev–Trinajstić information content (AvgIpc) is 2.87. The summed E-state index contributed by atoms with van der Waals surface area (Å²) in [4.78, 5) is 36.7. The van der Waals surface area contributed by atoms with Crippen molar-refractivity contribution in [1.29, 1.82) is 5.26 Å². The summed E-state index contributed by atoms with van der Waals surface area (Å²) in [7, 11) is -3.13. The van der Waals surface area contributed by atoms with E-state index in [1.807, 2.05) is 6.07 Å². The lowest BCUT2D eigenvalue weighted by molar-refractivity contribution is -0.118. The third-order valence-electron chi connectivity index (χ3n) is 5.02. The minimum Gasteiger partial charge on any atom is -0.483 e. The van der Waals surface area contributed by atoms with Crippen molar-refractivity contribution in [3.8, 4) is 11.8 Å². The first-order valence-corrected chi connectivity index (χ1v) is 12.9. The van der Waals surface area contributed by atoms with Gasteiger partial charge in [0.05, 0.1) is 29.2 Å². The van der Waals surface area contributed by atoms with Crippen LogP contribution in [0.15, 0.2) is 59.5 Å². The lowest BCUT2D eigenvalue weighted by atomic mass is 10.0. The topological polar surface area (TPSA) is 152 Å². The van der Waals surface area contributed by atoms with Gasteiger partial charge in [-0.15, -0.1) is 0 Å². The summed E-state index contributed by atoms with van der Waals surface area (Å²) < 4.78 is 36.1. The molecule has 3 rings (SSSR count). The van der Waals surface area contributed by atoms with Gasteiger partial charge in [-0.25, -0.2) is 17.9 Å². The van der Waals surface area contributed by atoms with E-state index in [0.717, 1.165) is 7.11 Å². The normalized spacial score (nSPS) is 10.7. The van der Waals surface area contributed by atoms with Gasteiger partial charge in [0.1, 0.15) is 5.75 Å². The number of methoxy groups -OCH3 is 1. The molecule has 0 atom stereocenters. The van der Waals surface area contributed by atoms with Gasteiger partial charge in [-0.3, -0.25) is 9.59 Å². The van der Waals surface area contributed by atoms with Gasteiger partial charge in [0.25, 0.3) is 15.9 Å². The maximum absolute atomic E-state index is 13.1. The van der Waals surface area contributed by atoms with Crippen LogP contribution >= 0.6 is 23.2 Å². The van der Waals surface area contributed by atoms with Crippen LogP contribution in [0, 0.1) is 18.3 Å². The molecule has 0 aromatic heterocycles. The molecule has 13 heteroatoms. The first-order chi connectivity index (χ1) is 17.9. The maximum Gasteiger partial charge on any atom is 0.420 e. The summed E-state index contributed by atoms with van der Waals surface area (Å²) in [5, 5.41) is 12.2. The summed E-state index contributed by atoms with van der Waals surface area (Å²) in [6.07, 6.45) is -1.14. The van der Waals surface area contributed by atoms with Crippen LogP contribution in [-0.2, 0) is 19.6 Å². The number of hydrogen-bond acceptors (Lipinski definition) is 8. The van der Waals surface area contributed by atoms with E-state index in [-0.39, 0.29) is 37.4 Å². The second kappa shape index (κ2) is 12.0. The van der Waals surface area contributed by atoms with E-state index < -0.39 is 34.4 Å². The van der Waals surface area contributed by atoms with Crippen molar-refractivity contribution in [2.45, 2.75) is 11.8 Å². The third-order valence-corrected chi connectivity index (χ3v) is 6.78. The molecule has 2 amide bonds. The third kappa shape index (κ3) is 7.01. The predicted molar refractivity (Wildman–Crippen MR) is 139 cm³/mol. The zero-order valence-electron chi connectivity index (χ0n) is 19.9. The molecule has 3 aromatic rings. The first-order valence-electron chi connectivity index (χ1n) is 10.6. The molecule has 2 N–H and O–H groups in total. The number of nitriles is 1. The Hall–Kier alpha value is -4.11. The van der Waals surface area contributed by atoms with E-state index in [9.17, 15) is 22.8 Å². The van der Waals surface area contributed by atoms with E-state index >= 15 is 0 Å². The van der Waals surface area contributed by atoms with E-state index in [1.54, 1.807) is 11.6 Å². The molecule has 10 nitrogen and oxygen atoms in total. The molecule has 0 heterocycles. The summed E-state index contributed by atoms with van der Waals surface area (Å²) in [6.45, 7) is 1.06. The van der Waals surface area contributed by atoms with Crippen molar-refractivity contribution in [1.82, 2.24) is 4.72 Å². The number of benzene rings is 3. The first kappa shape index (κ1) is 28.5. The van der Waals surface area contributed by atoms with Crippen LogP contribution in [0.2, 0.25) is 10.0 Å². The smallest absolute Gasteiger partial charge is 0.420 e. The van der Waals surface area contributed by atoms with Crippen molar-refractivity contribution in [2.75, 3.05) is 19.0 Å². The van der Waals surface area contributed by atoms with E-state index in [0.29, 0.717) is 11.3 Å². The largest absolute Gasteiger partial charge is 0.483 e. The number of nitrogens with one attached hydrogen (secondary N) is 2. The molecule has 0 aliphatic carbocycles. The van der Waals surface area contributed by atoms with E-state index in [4.69, 9.17) is 33.2 Å². The minimum atomic E-state index is -4.16. The van der Waals surface area contributed by atoms with Gasteiger partial charge in [-0.05, 0) is 67.1 Å². The second-order valence-corrected chi connectivity index (χ2v) is 10.3. The number of halogens is 2. The molecule has 0 saturated heterocycles. The van der Waals surface area contributed by atoms with Crippen LogP contribution in [0.3, 0.4) is 0 Å². The summed E-state index contributed by atoms with van der Waals surface area (Å²) in [5.41, 5.74) is 1.08. The SMILES string of the molecule is COC(=O)NS(=O)(=O)c1ccc(NC(=O)COc2ccc(Cl)cc2C(=O)c2cc(Cl)cc(C#N)c2)c(C)c1. The fourth-order valence-corrected chi connectivity index (χ4v) is 4.64. The number of ether oxygens (including phenoxy) is 2. The number of rotatable bonds is 8. The highest BCUT2D eigenvalue weighted by Crippen LogP contribution is 2.27. The van der Waals surface area contributed by atoms with Crippen LogP contribution in [0.4, 0.5) is 10.5 Å². The van der Waals surface area contributed by atoms with Crippen LogP contribution < -0.4 is 14.8 Å². The van der Waals surface area contributed by atoms with Crippen molar-refractivity contribution < 1.29 is 32.3 Å². The van der Waals surface area contributed by atoms with Crippen molar-refractivity contribution >= 4 is 56.7 Å². The molecule has 0 aliphatic heterocycles. The van der Waals surface area contributed by atoms with E-state index in [2.05, 4.69) is 10.1 Å². The molecule has 0 aliphatic rings. The molecule has 0 unspecified atom stereocenters. The second-order valence-electron chi connectivity index (χ2n) is 7.72. The van der Waals surface area contributed by atoms with Crippen LogP contribution in [0.25, 0.3) is 0 Å². The lowest BCUT2D eigenvalue weighted by Crippen LogP contribution is -2.30. The molecule has 0 saturated carbocycles. The van der Waals surface area contributed by atoms with Crippen LogP contribution in [0.1, 0.15) is 27.0 Å². The Kier molecular flexibility index (Phi) is 8.96. The van der Waals surface area contributed by atoms with Crippen molar-refractivity contribution in [3.63, 3.8) is 0 Å². The fourth-order valence-electron chi connectivity index (χ4n) is 3.23. The zero-order chi connectivity index (χ0) is 28.0. The summed E-state index contributed by atoms with van der Waals surface area (Å²) in [6, 6.07) is 14.2. The fraction of sp³-hybridized carbons (Fsp3) is 0.120. The Morgan fingerprint density at radius 1 is 1.00 bits per heavy atom. The highest BCUT2D eigenvalue weighted by molar-refractivity contribution is 7.90. The van der Waals surface area contributed by atoms with Gasteiger partial charge in [-0.1, -0.05) is 23.2 Å². The lowest BCUT2D eigenvalue weighted by Gasteiger charge is -2.13. The Balaban J connectivity index is 1.75. The Labute approximate surface area is 228 Å². The highest BCUT2D eigenvalue weighted by atomic mass is 35.5. The van der Waals surface area contributed by atoms with Gasteiger partial charge in [0.15, 0.2) is 12.4 Å². The molecule has 0 spiro atoms. The number of carbonyl (C=O) groups excluding carboxylic acids is 3. The highest BCUT2D eigenvalue weighted by Gasteiger charge is 2.20. The van der Waals surface area contributed by atoms with Gasteiger partial charge >= 0.3 is 6.09 Å². The number of carbonyl (C=O) groups is 3. The van der Waals surface area contributed by atoms with Gasteiger partial charge in [0.2, 0.25) is 0 Å². The van der Waals surface area contributed by atoms with E-state index in [1.165, 1.54) is 54.6 Å². The van der Waals surface area contributed by atoms with Gasteiger partial charge in [-0.2, -0.15) is 5.26 Å². The maximum atomic E-state index is 13.1. The molecule has 0 fully saturated rings. The van der Waals surface area contributed by atoms with Crippen molar-refractivity contribution in [2.24, 2.45) is 0 Å². The number of hydrogen-bond donors (Lipinski definition) is 2. The van der Waals surface area contributed by atoms with Crippen LogP contribution in [-0.4, -0.2) is 39.9 Å². The van der Waals surface area contributed by atoms with Crippen molar-refractivity contribution in [3.05, 3.63) is 86.9 Å². The predicted octanol–water partition coefficient (Wildman–Crippen LogP) is 4.47. The zero-order valence-corrected chi connectivity index (χ0v) is 22.2. The minimum absolute atomic E-state index is 0.0558. The van der Waals surface area contributed by atoms with Gasteiger partial charge < -0.3 is 14.8 Å². The Morgan fingerprint density at radius 2 is 1.74 bits per heavy atom. The summed E-state index contributed by atoms with van der Waals surface area (Å²) >= 11 is 12.1. The molecular formula is C25H19Cl2N3O7S. The van der Waals surface area contributed by atoms with Gasteiger partial charge in [0, 0.05) is 21.3 Å². The number of amides is 2. The number of nitrogens with zero attached hydrogens (tertiary/aromatic N) is 1. The Bertz CT molecular complexity index is 1580. The molecule has 0 radical (unpaired) electrons. The molecular weight excluding hydrogens is 557 g/mol. The quantitative estimate of drug-likeness (QED) is 0.373. The number of sulfonamides is 1. The molecule has 38 heavy (non-hydrogen) atoms. The molecule has 196 valence electrons. The standard InChI is InChI=1S/C25H19Cl2N3O7S/c1-14-7-19(38(34,35)30-25(33)36-2)4-5-21(14)29-23(31)13-37-22-6-3-17(26)11-20(22)24(32)16-8-15(12-28)9-18(27)10-16/h3-11H,13H2,1-2H3,(H,29,31)(H,30,33). The monoisotopic (exact) mass is 575 g/mol. The number of ketones is 1.